The summed E-state index contributed by atoms with van der Waals surface area (Å²) in [6.07, 6.45) is 3.13. The second kappa shape index (κ2) is 7.64. The molecule has 3 rings (SSSR count). The third-order valence-electron chi connectivity index (χ3n) is 3.45. The van der Waals surface area contributed by atoms with Crippen molar-refractivity contribution in [3.05, 3.63) is 82.9 Å². The number of phenolic OH excluding ortho intramolecular Hbond substituents is 2. The first kappa shape index (κ1) is 16.7. The van der Waals surface area contributed by atoms with Gasteiger partial charge in [0, 0.05) is 28.6 Å². The topological polar surface area (TPSA) is 65.2 Å². The van der Waals surface area contributed by atoms with Crippen molar-refractivity contribution in [1.29, 1.82) is 0 Å². The Morgan fingerprint density at radius 1 is 0.680 bits per heavy atom. The Morgan fingerprint density at radius 3 is 1.56 bits per heavy atom. The first-order chi connectivity index (χ1) is 12.1. The van der Waals surface area contributed by atoms with Crippen molar-refractivity contribution in [3.8, 4) is 11.5 Å². The second-order valence-electron chi connectivity index (χ2n) is 5.30. The molecular formula is C20H15ClN2O2. The van der Waals surface area contributed by atoms with Crippen LogP contribution in [0.5, 0.6) is 11.5 Å². The van der Waals surface area contributed by atoms with Crippen molar-refractivity contribution >= 4 is 35.4 Å². The molecule has 25 heavy (non-hydrogen) atoms. The van der Waals surface area contributed by atoms with E-state index in [2.05, 4.69) is 9.98 Å². The summed E-state index contributed by atoms with van der Waals surface area (Å²) in [7, 11) is 0. The van der Waals surface area contributed by atoms with Crippen LogP contribution in [0.1, 0.15) is 11.1 Å². The fourth-order valence-electron chi connectivity index (χ4n) is 2.19. The van der Waals surface area contributed by atoms with Crippen LogP contribution in [-0.2, 0) is 0 Å². The first-order valence-corrected chi connectivity index (χ1v) is 7.94. The van der Waals surface area contributed by atoms with Gasteiger partial charge in [0.1, 0.15) is 11.5 Å². The zero-order chi connectivity index (χ0) is 17.6. The highest BCUT2D eigenvalue weighted by Crippen LogP contribution is 2.27. The van der Waals surface area contributed by atoms with Gasteiger partial charge in [-0.15, -0.1) is 0 Å². The molecule has 0 heterocycles. The minimum absolute atomic E-state index is 0.158. The Balaban J connectivity index is 1.86. The fraction of sp³-hybridized carbons (Fsp3) is 0. The third kappa shape index (κ3) is 4.46. The van der Waals surface area contributed by atoms with Crippen LogP contribution in [0.2, 0.25) is 5.02 Å². The Morgan fingerprint density at radius 2 is 1.12 bits per heavy atom. The van der Waals surface area contributed by atoms with Gasteiger partial charge in [-0.25, -0.2) is 0 Å². The summed E-state index contributed by atoms with van der Waals surface area (Å²) >= 11 is 6.13. The van der Waals surface area contributed by atoms with Crippen LogP contribution < -0.4 is 0 Å². The smallest absolute Gasteiger partial charge is 0.124 e. The van der Waals surface area contributed by atoms with Crippen LogP contribution >= 0.6 is 11.6 Å². The number of hydrogen-bond donors (Lipinski definition) is 2. The van der Waals surface area contributed by atoms with E-state index < -0.39 is 0 Å². The Bertz CT molecular complexity index is 878. The summed E-state index contributed by atoms with van der Waals surface area (Å²) in [4.78, 5) is 8.68. The lowest BCUT2D eigenvalue weighted by molar-refractivity contribution is 0.474. The number of aliphatic imine (C=N–C) groups is 2. The molecule has 0 atom stereocenters. The van der Waals surface area contributed by atoms with E-state index in [4.69, 9.17) is 11.6 Å². The molecule has 3 aromatic rings. The lowest BCUT2D eigenvalue weighted by Crippen LogP contribution is -1.82. The zero-order valence-corrected chi connectivity index (χ0v) is 13.9. The molecule has 0 aliphatic carbocycles. The second-order valence-corrected chi connectivity index (χ2v) is 5.74. The summed E-state index contributed by atoms with van der Waals surface area (Å²) in [6, 6.07) is 19.0. The highest BCUT2D eigenvalue weighted by Gasteiger charge is 2.00. The van der Waals surface area contributed by atoms with Crippen molar-refractivity contribution in [2.75, 3.05) is 0 Å². The van der Waals surface area contributed by atoms with Gasteiger partial charge in [-0.1, -0.05) is 35.9 Å². The fourth-order valence-corrected chi connectivity index (χ4v) is 2.41. The normalized spacial score (nSPS) is 11.4. The maximum atomic E-state index is 9.77. The largest absolute Gasteiger partial charge is 0.507 e. The van der Waals surface area contributed by atoms with E-state index >= 15 is 0 Å². The molecule has 4 nitrogen and oxygen atoms in total. The third-order valence-corrected chi connectivity index (χ3v) is 3.66. The summed E-state index contributed by atoms with van der Waals surface area (Å²) in [6.45, 7) is 0. The van der Waals surface area contributed by atoms with Gasteiger partial charge in [0.15, 0.2) is 0 Å². The molecule has 0 spiro atoms. The van der Waals surface area contributed by atoms with Crippen LogP contribution in [0.3, 0.4) is 0 Å². The van der Waals surface area contributed by atoms with Crippen molar-refractivity contribution in [3.63, 3.8) is 0 Å². The predicted octanol–water partition coefficient (Wildman–Crippen LogP) is 5.25. The quantitative estimate of drug-likeness (QED) is 0.631. The van der Waals surface area contributed by atoms with E-state index in [9.17, 15) is 10.2 Å². The first-order valence-electron chi connectivity index (χ1n) is 7.56. The molecule has 0 unspecified atom stereocenters. The van der Waals surface area contributed by atoms with Crippen LogP contribution in [0.25, 0.3) is 0 Å². The molecule has 0 bridgehead atoms. The van der Waals surface area contributed by atoms with E-state index in [1.165, 1.54) is 0 Å². The lowest BCUT2D eigenvalue weighted by atomic mass is 10.2. The van der Waals surface area contributed by atoms with Gasteiger partial charge in [0.2, 0.25) is 0 Å². The number of hydrogen-bond acceptors (Lipinski definition) is 4. The van der Waals surface area contributed by atoms with E-state index in [-0.39, 0.29) is 11.5 Å². The zero-order valence-electron chi connectivity index (χ0n) is 13.2. The Labute approximate surface area is 150 Å². The van der Waals surface area contributed by atoms with E-state index in [0.717, 1.165) is 0 Å². The number of benzene rings is 3. The highest BCUT2D eigenvalue weighted by molar-refractivity contribution is 6.31. The molecule has 0 saturated carbocycles. The van der Waals surface area contributed by atoms with Gasteiger partial charge >= 0.3 is 0 Å². The van der Waals surface area contributed by atoms with Crippen molar-refractivity contribution in [2.45, 2.75) is 0 Å². The molecular weight excluding hydrogens is 336 g/mol. The van der Waals surface area contributed by atoms with E-state index in [1.807, 2.05) is 12.1 Å². The Kier molecular flexibility index (Phi) is 5.11. The maximum absolute atomic E-state index is 9.77. The molecule has 5 heteroatoms. The van der Waals surface area contributed by atoms with Gasteiger partial charge in [-0.3, -0.25) is 9.98 Å². The van der Waals surface area contributed by atoms with Gasteiger partial charge < -0.3 is 10.2 Å². The minimum atomic E-state index is 0.158. The van der Waals surface area contributed by atoms with Crippen LogP contribution in [0, 0.1) is 0 Å². The summed E-state index contributed by atoms with van der Waals surface area (Å²) in [5.74, 6) is 0.317. The number of aromatic hydroxyl groups is 2. The van der Waals surface area contributed by atoms with Crippen LogP contribution in [-0.4, -0.2) is 22.6 Å². The molecule has 0 amide bonds. The number of rotatable bonds is 4. The molecule has 0 radical (unpaired) electrons. The van der Waals surface area contributed by atoms with Gasteiger partial charge in [-0.2, -0.15) is 0 Å². The lowest BCUT2D eigenvalue weighted by Gasteiger charge is -2.01. The van der Waals surface area contributed by atoms with Gasteiger partial charge in [-0.05, 0) is 42.5 Å². The van der Waals surface area contributed by atoms with Crippen LogP contribution in [0.4, 0.5) is 11.4 Å². The van der Waals surface area contributed by atoms with Gasteiger partial charge in [0.05, 0.1) is 11.4 Å². The maximum Gasteiger partial charge on any atom is 0.124 e. The van der Waals surface area contributed by atoms with Crippen LogP contribution in [0.15, 0.2) is 76.7 Å². The number of phenols is 2. The molecule has 124 valence electrons. The summed E-state index contributed by atoms with van der Waals surface area (Å²) in [5, 5.41) is 20.0. The average molecular weight is 351 g/mol. The van der Waals surface area contributed by atoms with E-state index in [0.29, 0.717) is 27.5 Å². The molecule has 0 saturated heterocycles. The van der Waals surface area contributed by atoms with Crippen molar-refractivity contribution in [1.82, 2.24) is 0 Å². The monoisotopic (exact) mass is 350 g/mol. The number of nitrogens with zero attached hydrogens (tertiary/aromatic N) is 2. The Hall–Kier alpha value is -3.11. The standard InChI is InChI=1S/C20H15ClN2O2/c21-16-9-17(22-12-14-5-1-3-7-19(14)24)11-18(10-16)23-13-15-6-2-4-8-20(15)25/h1-13,24-25H. The molecule has 0 aliphatic rings. The molecule has 2 N–H and O–H groups in total. The molecule has 0 aliphatic heterocycles. The van der Waals surface area contributed by atoms with Crippen molar-refractivity contribution in [2.24, 2.45) is 9.98 Å². The minimum Gasteiger partial charge on any atom is -0.507 e. The molecule has 3 aromatic carbocycles. The SMILES string of the molecule is Oc1ccccc1C=Nc1cc(Cl)cc(N=Cc2ccccc2O)c1. The van der Waals surface area contributed by atoms with Crippen molar-refractivity contribution < 1.29 is 10.2 Å². The summed E-state index contributed by atoms with van der Waals surface area (Å²) < 4.78 is 0. The molecule has 0 fully saturated rings. The average Bonchev–Trinajstić information content (AvgIpc) is 2.60. The predicted molar refractivity (Wildman–Crippen MR) is 102 cm³/mol. The number of halogens is 1. The molecule has 0 aromatic heterocycles. The highest BCUT2D eigenvalue weighted by atomic mass is 35.5. The van der Waals surface area contributed by atoms with E-state index in [1.54, 1.807) is 67.0 Å². The number of para-hydroxylation sites is 2. The summed E-state index contributed by atoms with van der Waals surface area (Å²) in [5.41, 5.74) is 2.45. The van der Waals surface area contributed by atoms with Gasteiger partial charge in [0.25, 0.3) is 0 Å².